The highest BCUT2D eigenvalue weighted by Gasteiger charge is 2.29. The second-order valence-electron chi connectivity index (χ2n) is 12.6. The standard InChI is InChI=1S/C31H40N6O4/c1-8-20-17-32-37-26(33-21-12-11-15-35(18-21)28(38)40-30(2,3)4)16-24(34-27(20)37)23-19-36(29(39)41-31(5,6)7)25-14-10-9-13-22(23)25/h9-10,13-14,16-17,19,21,33H,8,11-12,15,18H2,1-7H3. The summed E-state index contributed by atoms with van der Waals surface area (Å²) in [5.74, 6) is 0.773. The number of benzene rings is 1. The zero-order chi connectivity index (χ0) is 29.5. The van der Waals surface area contributed by atoms with Gasteiger partial charge in [-0.15, -0.1) is 0 Å². The van der Waals surface area contributed by atoms with E-state index in [1.54, 1.807) is 15.7 Å². The van der Waals surface area contributed by atoms with Crippen molar-refractivity contribution in [1.29, 1.82) is 0 Å². The Morgan fingerprint density at radius 2 is 1.76 bits per heavy atom. The van der Waals surface area contributed by atoms with Crippen LogP contribution in [-0.4, -0.2) is 66.6 Å². The van der Waals surface area contributed by atoms with Gasteiger partial charge in [-0.05, 0) is 66.9 Å². The number of aromatic nitrogens is 4. The second kappa shape index (κ2) is 10.7. The number of hydrogen-bond donors (Lipinski definition) is 1. The lowest BCUT2D eigenvalue weighted by molar-refractivity contribution is 0.0206. The molecule has 10 heteroatoms. The summed E-state index contributed by atoms with van der Waals surface area (Å²) in [6.45, 7) is 14.5. The minimum absolute atomic E-state index is 0.00657. The first-order valence-electron chi connectivity index (χ1n) is 14.3. The smallest absolute Gasteiger partial charge is 0.419 e. The zero-order valence-corrected chi connectivity index (χ0v) is 25.0. The predicted molar refractivity (Wildman–Crippen MR) is 159 cm³/mol. The van der Waals surface area contributed by atoms with Crippen LogP contribution in [0.5, 0.6) is 0 Å². The van der Waals surface area contributed by atoms with Crippen molar-refractivity contribution in [1.82, 2.24) is 24.1 Å². The van der Waals surface area contributed by atoms with Crippen molar-refractivity contribution in [2.24, 2.45) is 0 Å². The molecule has 0 aliphatic carbocycles. The minimum atomic E-state index is -0.627. The Kier molecular flexibility index (Phi) is 7.44. The largest absolute Gasteiger partial charge is 0.444 e. The summed E-state index contributed by atoms with van der Waals surface area (Å²) in [5, 5.41) is 9.17. The van der Waals surface area contributed by atoms with E-state index in [-0.39, 0.29) is 12.1 Å². The molecule has 1 atom stereocenters. The van der Waals surface area contributed by atoms with Gasteiger partial charge in [-0.1, -0.05) is 25.1 Å². The maximum atomic E-state index is 13.1. The molecule has 0 radical (unpaired) electrons. The van der Waals surface area contributed by atoms with Crippen LogP contribution in [0.1, 0.15) is 66.9 Å². The van der Waals surface area contributed by atoms with Crippen molar-refractivity contribution >= 4 is 34.6 Å². The van der Waals surface area contributed by atoms with E-state index in [0.717, 1.165) is 52.8 Å². The molecule has 1 amide bonds. The molecule has 41 heavy (non-hydrogen) atoms. The molecule has 5 rings (SSSR count). The quantitative estimate of drug-likeness (QED) is 0.304. The molecule has 3 aromatic heterocycles. The molecule has 4 heterocycles. The van der Waals surface area contributed by atoms with Crippen molar-refractivity contribution in [2.45, 2.75) is 85.0 Å². The average molecular weight is 561 g/mol. The van der Waals surface area contributed by atoms with Crippen LogP contribution < -0.4 is 5.32 Å². The fourth-order valence-electron chi connectivity index (χ4n) is 5.14. The molecule has 10 nitrogen and oxygen atoms in total. The summed E-state index contributed by atoms with van der Waals surface area (Å²) < 4.78 is 14.7. The van der Waals surface area contributed by atoms with Gasteiger partial charge in [-0.3, -0.25) is 4.57 Å². The van der Waals surface area contributed by atoms with Crippen LogP contribution in [0.25, 0.3) is 27.8 Å². The Morgan fingerprint density at radius 1 is 1.05 bits per heavy atom. The van der Waals surface area contributed by atoms with Gasteiger partial charge in [-0.25, -0.2) is 14.6 Å². The normalized spacial score (nSPS) is 16.3. The molecule has 1 unspecified atom stereocenters. The van der Waals surface area contributed by atoms with Gasteiger partial charge in [0.2, 0.25) is 0 Å². The van der Waals surface area contributed by atoms with Crippen LogP contribution in [0, 0.1) is 0 Å². The van der Waals surface area contributed by atoms with Gasteiger partial charge in [0, 0.05) is 47.9 Å². The number of amides is 1. The van der Waals surface area contributed by atoms with Crippen LogP contribution in [-0.2, 0) is 15.9 Å². The molecule has 1 fully saturated rings. The van der Waals surface area contributed by atoms with Crippen LogP contribution in [0.15, 0.2) is 42.7 Å². The fraction of sp³-hybridized carbons (Fsp3) is 0.484. The summed E-state index contributed by atoms with van der Waals surface area (Å²) in [5.41, 5.74) is 2.88. The third-order valence-electron chi connectivity index (χ3n) is 6.93. The van der Waals surface area contributed by atoms with Gasteiger partial charge in [0.1, 0.15) is 17.0 Å². The van der Waals surface area contributed by atoms with Crippen LogP contribution in [0.2, 0.25) is 0 Å². The highest BCUT2D eigenvalue weighted by molar-refractivity contribution is 6.00. The van der Waals surface area contributed by atoms with Crippen molar-refractivity contribution in [3.8, 4) is 11.3 Å². The highest BCUT2D eigenvalue weighted by atomic mass is 16.6. The van der Waals surface area contributed by atoms with E-state index < -0.39 is 17.3 Å². The summed E-state index contributed by atoms with van der Waals surface area (Å²) in [6.07, 6.45) is 5.44. The first-order valence-corrected chi connectivity index (χ1v) is 14.3. The van der Waals surface area contributed by atoms with E-state index in [4.69, 9.17) is 14.5 Å². The predicted octanol–water partition coefficient (Wildman–Crippen LogP) is 6.51. The topological polar surface area (TPSA) is 103 Å². The van der Waals surface area contributed by atoms with Crippen LogP contribution in [0.4, 0.5) is 15.4 Å². The molecule has 0 bridgehead atoms. The average Bonchev–Trinajstić information content (AvgIpc) is 3.49. The molecular formula is C31H40N6O4. The maximum absolute atomic E-state index is 13.1. The number of piperidine rings is 1. The Hall–Kier alpha value is -4.08. The van der Waals surface area contributed by atoms with Crippen molar-refractivity contribution in [3.63, 3.8) is 0 Å². The summed E-state index contributed by atoms with van der Waals surface area (Å²) >= 11 is 0. The number of likely N-dealkylation sites (tertiary alicyclic amines) is 1. The van der Waals surface area contributed by atoms with E-state index in [9.17, 15) is 9.59 Å². The minimum Gasteiger partial charge on any atom is -0.444 e. The summed E-state index contributed by atoms with van der Waals surface area (Å²) in [4.78, 5) is 32.7. The molecule has 1 aliphatic rings. The van der Waals surface area contributed by atoms with Crippen molar-refractivity contribution in [3.05, 3.63) is 48.3 Å². The first-order chi connectivity index (χ1) is 19.3. The Bertz CT molecular complexity index is 1590. The van der Waals surface area contributed by atoms with Crippen molar-refractivity contribution in [2.75, 3.05) is 18.4 Å². The number of carbonyl (C=O) groups excluding carboxylic acids is 2. The maximum Gasteiger partial charge on any atom is 0.419 e. The number of fused-ring (bicyclic) bond motifs is 2. The van der Waals surface area contributed by atoms with Crippen LogP contribution >= 0.6 is 0 Å². The molecule has 0 saturated carbocycles. The van der Waals surface area contributed by atoms with E-state index >= 15 is 0 Å². The van der Waals surface area contributed by atoms with Gasteiger partial charge >= 0.3 is 12.2 Å². The number of rotatable bonds is 4. The van der Waals surface area contributed by atoms with Crippen LogP contribution in [0.3, 0.4) is 0 Å². The molecule has 1 aliphatic heterocycles. The van der Waals surface area contributed by atoms with E-state index in [1.165, 1.54) is 0 Å². The molecule has 1 aromatic carbocycles. The summed E-state index contributed by atoms with van der Waals surface area (Å²) in [6, 6.07) is 9.72. The Morgan fingerprint density at radius 3 is 2.46 bits per heavy atom. The number of nitrogens with one attached hydrogen (secondary N) is 1. The Balaban J connectivity index is 1.54. The number of anilines is 1. The SMILES string of the molecule is CCc1cnn2c(NC3CCCN(C(=O)OC(C)(C)C)C3)cc(-c3cn(C(=O)OC(C)(C)C)c4ccccc34)nc12. The molecule has 4 aromatic rings. The molecule has 0 spiro atoms. The van der Waals surface area contributed by atoms with Gasteiger partial charge in [0.25, 0.3) is 0 Å². The van der Waals surface area contributed by atoms with E-state index in [2.05, 4.69) is 17.3 Å². The third kappa shape index (κ3) is 6.16. The molecular weight excluding hydrogens is 520 g/mol. The molecule has 1 N–H and O–H groups in total. The lowest BCUT2D eigenvalue weighted by Gasteiger charge is -2.34. The number of carbonyl (C=O) groups is 2. The molecule has 218 valence electrons. The molecule has 1 saturated heterocycles. The van der Waals surface area contributed by atoms with E-state index in [1.807, 2.05) is 82.6 Å². The number of para-hydroxylation sites is 1. The lowest BCUT2D eigenvalue weighted by atomic mass is 10.1. The summed E-state index contributed by atoms with van der Waals surface area (Å²) in [7, 11) is 0. The number of ether oxygens (including phenoxy) is 2. The number of hydrogen-bond acceptors (Lipinski definition) is 7. The fourth-order valence-corrected chi connectivity index (χ4v) is 5.14. The highest BCUT2D eigenvalue weighted by Crippen LogP contribution is 2.33. The monoisotopic (exact) mass is 560 g/mol. The number of aryl methyl sites for hydroxylation is 1. The third-order valence-corrected chi connectivity index (χ3v) is 6.93. The second-order valence-corrected chi connectivity index (χ2v) is 12.6. The Labute approximate surface area is 240 Å². The van der Waals surface area contributed by atoms with E-state index in [0.29, 0.717) is 18.8 Å². The zero-order valence-electron chi connectivity index (χ0n) is 25.0. The van der Waals surface area contributed by atoms with Crippen molar-refractivity contribution < 1.29 is 19.1 Å². The number of nitrogens with zero attached hydrogens (tertiary/aromatic N) is 5. The van der Waals surface area contributed by atoms with Gasteiger partial charge in [-0.2, -0.15) is 9.61 Å². The first kappa shape index (κ1) is 28.4. The van der Waals surface area contributed by atoms with Gasteiger partial charge < -0.3 is 19.7 Å². The lowest BCUT2D eigenvalue weighted by Crippen LogP contribution is -2.47. The van der Waals surface area contributed by atoms with Gasteiger partial charge in [0.15, 0.2) is 5.65 Å². The van der Waals surface area contributed by atoms with Gasteiger partial charge in [0.05, 0.1) is 17.4 Å².